The molecule has 0 radical (unpaired) electrons. The predicted octanol–water partition coefficient (Wildman–Crippen LogP) is 3.62. The number of likely N-dealkylation sites (N-methyl/N-ethyl adjacent to an activating group) is 1. The van der Waals surface area contributed by atoms with Crippen LogP contribution in [-0.4, -0.2) is 56.4 Å². The lowest BCUT2D eigenvalue weighted by Gasteiger charge is -2.37. The zero-order valence-corrected chi connectivity index (χ0v) is 17.4. The van der Waals surface area contributed by atoms with Crippen molar-refractivity contribution in [1.29, 1.82) is 0 Å². The number of carbonyl (C=O) groups is 1. The van der Waals surface area contributed by atoms with E-state index in [4.69, 9.17) is 0 Å². The Morgan fingerprint density at radius 2 is 1.77 bits per heavy atom. The van der Waals surface area contributed by atoms with Gasteiger partial charge in [-0.25, -0.2) is 0 Å². The van der Waals surface area contributed by atoms with E-state index in [2.05, 4.69) is 45.1 Å². The standard InChI is InChI=1S/C23H26F3N3O2/c1-28-11-13-29(14-12-28)21-4-2-3-16-5-8-18(15-20(16)21)27-22(30)17-6-9-19(10-7-17)31-23(24,25)26/h2-4,6-7,9-10,18H,5,8,11-15H2,1H3,(H,27,30)/t18-/m0/s1. The van der Waals surface area contributed by atoms with Gasteiger partial charge >= 0.3 is 6.36 Å². The Labute approximate surface area is 179 Å². The van der Waals surface area contributed by atoms with Crippen molar-refractivity contribution in [3.05, 3.63) is 59.2 Å². The molecular weight excluding hydrogens is 407 g/mol. The average molecular weight is 433 g/mol. The smallest absolute Gasteiger partial charge is 0.406 e. The van der Waals surface area contributed by atoms with Crippen LogP contribution in [0.2, 0.25) is 0 Å². The van der Waals surface area contributed by atoms with Gasteiger partial charge in [-0.05, 0) is 67.8 Å². The summed E-state index contributed by atoms with van der Waals surface area (Å²) >= 11 is 0. The maximum absolute atomic E-state index is 12.7. The van der Waals surface area contributed by atoms with E-state index in [1.807, 2.05) is 0 Å². The zero-order chi connectivity index (χ0) is 22.0. The van der Waals surface area contributed by atoms with E-state index >= 15 is 0 Å². The molecule has 2 aromatic carbocycles. The molecular formula is C23H26F3N3O2. The summed E-state index contributed by atoms with van der Waals surface area (Å²) in [4.78, 5) is 17.4. The van der Waals surface area contributed by atoms with Crippen LogP contribution < -0.4 is 15.0 Å². The summed E-state index contributed by atoms with van der Waals surface area (Å²) in [6.07, 6.45) is -2.28. The number of nitrogens with zero attached hydrogens (tertiary/aromatic N) is 2. The average Bonchev–Trinajstić information content (AvgIpc) is 2.73. The number of piperazine rings is 1. The van der Waals surface area contributed by atoms with E-state index in [0.717, 1.165) is 57.6 Å². The third-order valence-corrected chi connectivity index (χ3v) is 5.99. The van der Waals surface area contributed by atoms with Gasteiger partial charge in [0.1, 0.15) is 5.75 Å². The first-order valence-electron chi connectivity index (χ1n) is 10.5. The van der Waals surface area contributed by atoms with Crippen LogP contribution in [-0.2, 0) is 12.8 Å². The molecule has 0 unspecified atom stereocenters. The number of hydrogen-bond acceptors (Lipinski definition) is 4. The summed E-state index contributed by atoms with van der Waals surface area (Å²) < 4.78 is 40.8. The first kappa shape index (κ1) is 21.5. The number of carbonyl (C=O) groups excluding carboxylic acids is 1. The number of ether oxygens (including phenoxy) is 1. The molecule has 1 aliphatic heterocycles. The Hall–Kier alpha value is -2.74. The van der Waals surface area contributed by atoms with Crippen molar-refractivity contribution in [1.82, 2.24) is 10.2 Å². The molecule has 0 bridgehead atoms. The molecule has 0 spiro atoms. The first-order chi connectivity index (χ1) is 14.8. The van der Waals surface area contributed by atoms with Gasteiger partial charge in [0.25, 0.3) is 5.91 Å². The highest BCUT2D eigenvalue weighted by Crippen LogP contribution is 2.31. The van der Waals surface area contributed by atoms with E-state index in [1.165, 1.54) is 28.9 Å². The summed E-state index contributed by atoms with van der Waals surface area (Å²) in [6.45, 7) is 4.02. The number of aryl methyl sites for hydroxylation is 1. The van der Waals surface area contributed by atoms with Gasteiger partial charge in [0.05, 0.1) is 0 Å². The highest BCUT2D eigenvalue weighted by Gasteiger charge is 2.31. The van der Waals surface area contributed by atoms with Crippen molar-refractivity contribution in [2.45, 2.75) is 31.7 Å². The van der Waals surface area contributed by atoms with Crippen molar-refractivity contribution in [3.63, 3.8) is 0 Å². The molecule has 1 saturated heterocycles. The monoisotopic (exact) mass is 433 g/mol. The molecule has 1 atom stereocenters. The molecule has 166 valence electrons. The predicted molar refractivity (Wildman–Crippen MR) is 113 cm³/mol. The molecule has 0 aromatic heterocycles. The number of rotatable bonds is 4. The highest BCUT2D eigenvalue weighted by molar-refractivity contribution is 5.94. The number of benzene rings is 2. The number of anilines is 1. The van der Waals surface area contributed by atoms with Gasteiger partial charge in [-0.1, -0.05) is 12.1 Å². The molecule has 4 rings (SSSR count). The summed E-state index contributed by atoms with van der Waals surface area (Å²) in [7, 11) is 2.13. The Balaban J connectivity index is 1.42. The third kappa shape index (κ3) is 5.31. The van der Waals surface area contributed by atoms with Crippen LogP contribution >= 0.6 is 0 Å². The minimum atomic E-state index is -4.75. The lowest BCUT2D eigenvalue weighted by Crippen LogP contribution is -2.45. The van der Waals surface area contributed by atoms with Gasteiger partial charge in [0.2, 0.25) is 0 Å². The van der Waals surface area contributed by atoms with Gasteiger partial charge in [0, 0.05) is 43.5 Å². The number of fused-ring (bicyclic) bond motifs is 1. The van der Waals surface area contributed by atoms with Crippen molar-refractivity contribution in [3.8, 4) is 5.75 Å². The molecule has 0 saturated carbocycles. The molecule has 1 amide bonds. The minimum absolute atomic E-state index is 0.0142. The van der Waals surface area contributed by atoms with E-state index in [1.54, 1.807) is 0 Å². The Bertz CT molecular complexity index is 923. The van der Waals surface area contributed by atoms with E-state index in [9.17, 15) is 18.0 Å². The maximum Gasteiger partial charge on any atom is 0.573 e. The van der Waals surface area contributed by atoms with Crippen molar-refractivity contribution in [2.24, 2.45) is 0 Å². The fourth-order valence-corrected chi connectivity index (χ4v) is 4.31. The van der Waals surface area contributed by atoms with Crippen LogP contribution in [0.25, 0.3) is 0 Å². The van der Waals surface area contributed by atoms with Crippen molar-refractivity contribution in [2.75, 3.05) is 38.1 Å². The highest BCUT2D eigenvalue weighted by atomic mass is 19.4. The molecule has 1 heterocycles. The molecule has 2 aliphatic rings. The number of nitrogens with one attached hydrogen (secondary N) is 1. The van der Waals surface area contributed by atoms with Crippen LogP contribution in [0.15, 0.2) is 42.5 Å². The number of amides is 1. The largest absolute Gasteiger partial charge is 0.573 e. The van der Waals surface area contributed by atoms with Gasteiger partial charge in [-0.2, -0.15) is 0 Å². The van der Waals surface area contributed by atoms with Crippen LogP contribution in [0, 0.1) is 0 Å². The quantitative estimate of drug-likeness (QED) is 0.800. The van der Waals surface area contributed by atoms with Gasteiger partial charge in [-0.15, -0.1) is 13.2 Å². The fourth-order valence-electron chi connectivity index (χ4n) is 4.31. The van der Waals surface area contributed by atoms with Crippen molar-refractivity contribution < 1.29 is 22.7 Å². The van der Waals surface area contributed by atoms with E-state index in [-0.39, 0.29) is 17.7 Å². The SMILES string of the molecule is CN1CCN(c2cccc3c2C[C@@H](NC(=O)c2ccc(OC(F)(F)F)cc2)CC3)CC1. The Morgan fingerprint density at radius 3 is 2.45 bits per heavy atom. The summed E-state index contributed by atoms with van der Waals surface area (Å²) in [5.41, 5.74) is 4.18. The second-order valence-corrected chi connectivity index (χ2v) is 8.19. The number of hydrogen-bond donors (Lipinski definition) is 1. The van der Waals surface area contributed by atoms with Crippen LogP contribution in [0.4, 0.5) is 18.9 Å². The topological polar surface area (TPSA) is 44.8 Å². The number of alkyl halides is 3. The molecule has 31 heavy (non-hydrogen) atoms. The Kier molecular flexibility index (Phi) is 6.09. The van der Waals surface area contributed by atoms with Gasteiger partial charge < -0.3 is 19.9 Å². The minimum Gasteiger partial charge on any atom is -0.406 e. The van der Waals surface area contributed by atoms with Crippen LogP contribution in [0.5, 0.6) is 5.75 Å². The Morgan fingerprint density at radius 1 is 1.06 bits per heavy atom. The van der Waals surface area contributed by atoms with Gasteiger partial charge in [-0.3, -0.25) is 4.79 Å². The summed E-state index contributed by atoms with van der Waals surface area (Å²) in [5.74, 6) is -0.628. The molecule has 2 aromatic rings. The van der Waals surface area contributed by atoms with Gasteiger partial charge in [0.15, 0.2) is 0 Å². The van der Waals surface area contributed by atoms with E-state index < -0.39 is 6.36 Å². The van der Waals surface area contributed by atoms with Crippen LogP contribution in [0.1, 0.15) is 27.9 Å². The number of halogens is 3. The summed E-state index contributed by atoms with van der Waals surface area (Å²) in [6, 6.07) is 11.4. The zero-order valence-electron chi connectivity index (χ0n) is 17.4. The first-order valence-corrected chi connectivity index (χ1v) is 10.5. The normalized spacial score (nSPS) is 19.6. The van der Waals surface area contributed by atoms with Crippen molar-refractivity contribution >= 4 is 11.6 Å². The second kappa shape index (κ2) is 8.78. The molecule has 1 N–H and O–H groups in total. The maximum atomic E-state index is 12.7. The van der Waals surface area contributed by atoms with E-state index in [0.29, 0.717) is 5.56 Å². The summed E-state index contributed by atoms with van der Waals surface area (Å²) in [5, 5.41) is 3.05. The molecule has 1 fully saturated rings. The lowest BCUT2D eigenvalue weighted by atomic mass is 9.86. The fraction of sp³-hybridized carbons (Fsp3) is 0.435. The molecule has 1 aliphatic carbocycles. The third-order valence-electron chi connectivity index (χ3n) is 5.99. The molecule has 8 heteroatoms. The molecule has 5 nitrogen and oxygen atoms in total. The lowest BCUT2D eigenvalue weighted by molar-refractivity contribution is -0.274. The second-order valence-electron chi connectivity index (χ2n) is 8.19. The van der Waals surface area contributed by atoms with Crippen LogP contribution in [0.3, 0.4) is 0 Å².